The van der Waals surface area contributed by atoms with Crippen LogP contribution in [0.4, 0.5) is 5.69 Å². The molecule has 1 aromatic carbocycles. The average molecular weight is 314 g/mol. The van der Waals surface area contributed by atoms with Gasteiger partial charge in [0.05, 0.1) is 10.4 Å². The van der Waals surface area contributed by atoms with Crippen molar-refractivity contribution < 1.29 is 9.59 Å². The van der Waals surface area contributed by atoms with E-state index >= 15 is 0 Å². The van der Waals surface area contributed by atoms with Crippen LogP contribution in [0, 0.1) is 0 Å². The number of nitrogens with zero attached hydrogens (tertiary/aromatic N) is 1. The van der Waals surface area contributed by atoms with Gasteiger partial charge in [-0.2, -0.15) is 0 Å². The fourth-order valence-corrected chi connectivity index (χ4v) is 3.48. The van der Waals surface area contributed by atoms with E-state index < -0.39 is 0 Å². The molecule has 1 amide bonds. The summed E-state index contributed by atoms with van der Waals surface area (Å²) in [5.41, 5.74) is 3.21. The first kappa shape index (κ1) is 14.8. The second kappa shape index (κ2) is 6.32. The highest BCUT2D eigenvalue weighted by molar-refractivity contribution is 7.12. The van der Waals surface area contributed by atoms with Gasteiger partial charge in [0.25, 0.3) is 5.91 Å². The lowest BCUT2D eigenvalue weighted by atomic mass is 10.2. The summed E-state index contributed by atoms with van der Waals surface area (Å²) in [6, 6.07) is 10.1. The lowest BCUT2D eigenvalue weighted by Crippen LogP contribution is -2.34. The molecule has 1 N–H and O–H groups in total. The fraction of sp³-hybridized carbons (Fsp3) is 0.294. The number of para-hydroxylation sites is 1. The molecular weight excluding hydrogens is 296 g/mol. The molecular formula is C17H18N2O2S. The Morgan fingerprint density at radius 1 is 1.32 bits per heavy atom. The van der Waals surface area contributed by atoms with Crippen LogP contribution < -0.4 is 10.2 Å². The number of nitrogens with one attached hydrogen (secondary N) is 1. The first-order chi connectivity index (χ1) is 10.6. The van der Waals surface area contributed by atoms with Crippen molar-refractivity contribution in [2.24, 2.45) is 0 Å². The lowest BCUT2D eigenvalue weighted by molar-refractivity contribution is 0.0955. The van der Waals surface area contributed by atoms with Crippen molar-refractivity contribution in [3.05, 3.63) is 51.7 Å². The van der Waals surface area contributed by atoms with Crippen LogP contribution in [0.2, 0.25) is 0 Å². The molecule has 0 radical (unpaired) electrons. The summed E-state index contributed by atoms with van der Waals surface area (Å²) in [7, 11) is 0. The Labute approximate surface area is 133 Å². The van der Waals surface area contributed by atoms with Gasteiger partial charge in [0.15, 0.2) is 5.78 Å². The minimum atomic E-state index is -0.115. The molecule has 1 aliphatic heterocycles. The van der Waals surface area contributed by atoms with E-state index in [1.807, 2.05) is 6.07 Å². The Morgan fingerprint density at radius 2 is 2.14 bits per heavy atom. The second-order valence-corrected chi connectivity index (χ2v) is 6.29. The van der Waals surface area contributed by atoms with Crippen LogP contribution in [0.15, 0.2) is 35.7 Å². The molecule has 1 aliphatic rings. The molecule has 0 spiro atoms. The number of carbonyl (C=O) groups is 2. The number of anilines is 1. The van der Waals surface area contributed by atoms with E-state index in [1.165, 1.54) is 29.5 Å². The van der Waals surface area contributed by atoms with Crippen molar-refractivity contribution in [2.45, 2.75) is 13.3 Å². The standard InChI is InChI=1S/C17H18N2O2S/c1-12(20)16-10-14(11-22-16)17(21)18-7-9-19-8-6-13-4-2-3-5-15(13)19/h2-5,10-11H,6-9H2,1H3,(H,18,21). The van der Waals surface area contributed by atoms with Crippen LogP contribution >= 0.6 is 11.3 Å². The van der Waals surface area contributed by atoms with Crippen LogP contribution in [0.1, 0.15) is 32.5 Å². The molecule has 114 valence electrons. The van der Waals surface area contributed by atoms with E-state index in [1.54, 1.807) is 11.4 Å². The van der Waals surface area contributed by atoms with E-state index in [0.717, 1.165) is 19.5 Å². The van der Waals surface area contributed by atoms with Gasteiger partial charge in [-0.3, -0.25) is 9.59 Å². The third-order valence-electron chi connectivity index (χ3n) is 3.86. The van der Waals surface area contributed by atoms with Crippen molar-refractivity contribution in [3.8, 4) is 0 Å². The Morgan fingerprint density at radius 3 is 2.91 bits per heavy atom. The van der Waals surface area contributed by atoms with Crippen molar-refractivity contribution in [1.82, 2.24) is 5.32 Å². The molecule has 0 aliphatic carbocycles. The number of hydrogen-bond donors (Lipinski definition) is 1. The van der Waals surface area contributed by atoms with Gasteiger partial charge in [-0.05, 0) is 31.0 Å². The summed E-state index contributed by atoms with van der Waals surface area (Å²) >= 11 is 1.31. The number of thiophene rings is 1. The molecule has 22 heavy (non-hydrogen) atoms. The van der Waals surface area contributed by atoms with E-state index in [2.05, 4.69) is 28.4 Å². The molecule has 1 aromatic heterocycles. The highest BCUT2D eigenvalue weighted by atomic mass is 32.1. The van der Waals surface area contributed by atoms with Crippen LogP contribution in [-0.2, 0) is 6.42 Å². The van der Waals surface area contributed by atoms with E-state index in [4.69, 9.17) is 0 Å². The summed E-state index contributed by atoms with van der Waals surface area (Å²) in [5, 5.41) is 4.66. The highest BCUT2D eigenvalue weighted by Gasteiger charge is 2.18. The summed E-state index contributed by atoms with van der Waals surface area (Å²) in [4.78, 5) is 26.2. The third-order valence-corrected chi connectivity index (χ3v) is 4.89. The normalized spacial score (nSPS) is 13.0. The van der Waals surface area contributed by atoms with Gasteiger partial charge in [0, 0.05) is 30.7 Å². The van der Waals surface area contributed by atoms with E-state index in [-0.39, 0.29) is 11.7 Å². The van der Waals surface area contributed by atoms with Gasteiger partial charge in [-0.1, -0.05) is 18.2 Å². The molecule has 2 heterocycles. The minimum absolute atomic E-state index is 0.00211. The molecule has 0 atom stereocenters. The lowest BCUT2D eigenvalue weighted by Gasteiger charge is -2.19. The predicted octanol–water partition coefficient (Wildman–Crippen LogP) is 2.74. The zero-order chi connectivity index (χ0) is 15.5. The summed E-state index contributed by atoms with van der Waals surface area (Å²) in [6.45, 7) is 3.91. The monoisotopic (exact) mass is 314 g/mol. The Balaban J connectivity index is 1.53. The van der Waals surface area contributed by atoms with Crippen LogP contribution in [-0.4, -0.2) is 31.3 Å². The van der Waals surface area contributed by atoms with Crippen molar-refractivity contribution in [3.63, 3.8) is 0 Å². The van der Waals surface area contributed by atoms with Gasteiger partial charge in [-0.25, -0.2) is 0 Å². The molecule has 5 heteroatoms. The zero-order valence-electron chi connectivity index (χ0n) is 12.5. The number of rotatable bonds is 5. The number of fused-ring (bicyclic) bond motifs is 1. The number of benzene rings is 1. The summed E-state index contributed by atoms with van der Waals surface area (Å²) in [6.07, 6.45) is 1.07. The van der Waals surface area contributed by atoms with Gasteiger partial charge in [0.1, 0.15) is 0 Å². The number of amides is 1. The molecule has 0 unspecified atom stereocenters. The molecule has 4 nitrogen and oxygen atoms in total. The molecule has 3 rings (SSSR count). The average Bonchev–Trinajstić information content (AvgIpc) is 3.14. The third kappa shape index (κ3) is 3.04. The minimum Gasteiger partial charge on any atom is -0.369 e. The largest absolute Gasteiger partial charge is 0.369 e. The number of hydrogen-bond acceptors (Lipinski definition) is 4. The maximum absolute atomic E-state index is 12.1. The van der Waals surface area contributed by atoms with E-state index in [9.17, 15) is 9.59 Å². The molecule has 0 saturated heterocycles. The van der Waals surface area contributed by atoms with Gasteiger partial charge in [0.2, 0.25) is 0 Å². The van der Waals surface area contributed by atoms with Gasteiger partial charge < -0.3 is 10.2 Å². The van der Waals surface area contributed by atoms with Gasteiger partial charge >= 0.3 is 0 Å². The van der Waals surface area contributed by atoms with Crippen molar-refractivity contribution in [1.29, 1.82) is 0 Å². The van der Waals surface area contributed by atoms with Crippen molar-refractivity contribution >= 4 is 28.7 Å². The predicted molar refractivity (Wildman–Crippen MR) is 89.0 cm³/mol. The Kier molecular flexibility index (Phi) is 4.24. The first-order valence-corrected chi connectivity index (χ1v) is 8.23. The quantitative estimate of drug-likeness (QED) is 0.863. The van der Waals surface area contributed by atoms with Crippen LogP contribution in [0.5, 0.6) is 0 Å². The van der Waals surface area contributed by atoms with Crippen LogP contribution in [0.25, 0.3) is 0 Å². The van der Waals surface area contributed by atoms with Gasteiger partial charge in [-0.15, -0.1) is 11.3 Å². The molecule has 0 bridgehead atoms. The van der Waals surface area contributed by atoms with E-state index in [0.29, 0.717) is 17.0 Å². The first-order valence-electron chi connectivity index (χ1n) is 7.35. The zero-order valence-corrected chi connectivity index (χ0v) is 13.3. The molecule has 2 aromatic rings. The summed E-state index contributed by atoms with van der Waals surface area (Å²) < 4.78 is 0. The summed E-state index contributed by atoms with van der Waals surface area (Å²) in [5.74, 6) is -0.117. The van der Waals surface area contributed by atoms with Crippen molar-refractivity contribution in [2.75, 3.05) is 24.5 Å². The number of carbonyl (C=O) groups excluding carboxylic acids is 2. The molecule has 0 fully saturated rings. The maximum atomic E-state index is 12.1. The topological polar surface area (TPSA) is 49.4 Å². The number of Topliss-reactive ketones (excluding diaryl/α,β-unsaturated/α-hetero) is 1. The number of ketones is 1. The Hall–Kier alpha value is -2.14. The smallest absolute Gasteiger partial charge is 0.252 e. The molecule has 0 saturated carbocycles. The Bertz CT molecular complexity index is 708. The SMILES string of the molecule is CC(=O)c1cc(C(=O)NCCN2CCc3ccccc32)cs1. The van der Waals surface area contributed by atoms with Crippen LogP contribution in [0.3, 0.4) is 0 Å². The highest BCUT2D eigenvalue weighted by Crippen LogP contribution is 2.26. The fourth-order valence-electron chi connectivity index (χ4n) is 2.69. The second-order valence-electron chi connectivity index (χ2n) is 5.38. The maximum Gasteiger partial charge on any atom is 0.252 e.